The zero-order valence-corrected chi connectivity index (χ0v) is 12.3. The lowest BCUT2D eigenvalue weighted by Gasteiger charge is -2.04. The zero-order valence-electron chi connectivity index (χ0n) is 10.1. The van der Waals surface area contributed by atoms with Crippen LogP contribution in [0.1, 0.15) is 51.0 Å². The molecule has 0 aliphatic rings. The summed E-state index contributed by atoms with van der Waals surface area (Å²) >= 11 is 2.30. The minimum Gasteiger partial charge on any atom is -0.398 e. The van der Waals surface area contributed by atoms with Crippen molar-refractivity contribution in [2.45, 2.75) is 51.9 Å². The first-order chi connectivity index (χ1) is 7.74. The number of unbranched alkanes of at least 4 members (excludes halogenated alkanes) is 5. The molecule has 2 heteroatoms. The Balaban J connectivity index is 2.19. The molecule has 0 atom stereocenters. The predicted octanol–water partition coefficient (Wildman–Crippen LogP) is 4.78. The SMILES string of the molecule is CCCCCCCCc1ccc(N)c(I)c1. The van der Waals surface area contributed by atoms with Crippen molar-refractivity contribution in [1.82, 2.24) is 0 Å². The molecule has 0 aliphatic heterocycles. The Morgan fingerprint density at radius 3 is 2.44 bits per heavy atom. The molecule has 0 unspecified atom stereocenters. The number of anilines is 1. The first kappa shape index (κ1) is 13.8. The van der Waals surface area contributed by atoms with Gasteiger partial charge >= 0.3 is 0 Å². The van der Waals surface area contributed by atoms with Crippen LogP contribution >= 0.6 is 22.6 Å². The Morgan fingerprint density at radius 1 is 1.06 bits per heavy atom. The summed E-state index contributed by atoms with van der Waals surface area (Å²) in [6, 6.07) is 6.39. The van der Waals surface area contributed by atoms with Crippen molar-refractivity contribution >= 4 is 28.3 Å². The van der Waals surface area contributed by atoms with Gasteiger partial charge in [-0.3, -0.25) is 0 Å². The molecule has 0 aromatic heterocycles. The Bertz CT molecular complexity index is 310. The maximum Gasteiger partial charge on any atom is 0.0449 e. The van der Waals surface area contributed by atoms with Gasteiger partial charge in [-0.1, -0.05) is 45.1 Å². The minimum absolute atomic E-state index is 0.896. The summed E-state index contributed by atoms with van der Waals surface area (Å²) < 4.78 is 1.18. The topological polar surface area (TPSA) is 26.0 Å². The number of aryl methyl sites for hydroxylation is 1. The molecule has 16 heavy (non-hydrogen) atoms. The van der Waals surface area contributed by atoms with Crippen molar-refractivity contribution in [3.8, 4) is 0 Å². The van der Waals surface area contributed by atoms with E-state index in [2.05, 4.69) is 41.6 Å². The van der Waals surface area contributed by atoms with E-state index in [4.69, 9.17) is 5.73 Å². The molecule has 0 fully saturated rings. The summed E-state index contributed by atoms with van der Waals surface area (Å²) in [6.45, 7) is 2.26. The largest absolute Gasteiger partial charge is 0.398 e. The van der Waals surface area contributed by atoms with E-state index in [1.54, 1.807) is 0 Å². The van der Waals surface area contributed by atoms with Crippen molar-refractivity contribution in [2.24, 2.45) is 0 Å². The van der Waals surface area contributed by atoms with E-state index in [-0.39, 0.29) is 0 Å². The van der Waals surface area contributed by atoms with Crippen LogP contribution in [0.2, 0.25) is 0 Å². The number of hydrogen-bond acceptors (Lipinski definition) is 1. The average molecular weight is 331 g/mol. The molecule has 2 N–H and O–H groups in total. The van der Waals surface area contributed by atoms with Crippen LogP contribution in [0.15, 0.2) is 18.2 Å². The summed E-state index contributed by atoms with van der Waals surface area (Å²) in [6.07, 6.45) is 9.37. The average Bonchev–Trinajstić information content (AvgIpc) is 2.28. The molecule has 1 aromatic rings. The molecule has 0 saturated carbocycles. The molecule has 1 aromatic carbocycles. The third-order valence-corrected chi connectivity index (χ3v) is 3.82. The van der Waals surface area contributed by atoms with Gasteiger partial charge in [0.25, 0.3) is 0 Å². The molecule has 0 radical (unpaired) electrons. The van der Waals surface area contributed by atoms with E-state index < -0.39 is 0 Å². The van der Waals surface area contributed by atoms with Crippen LogP contribution in [0.25, 0.3) is 0 Å². The normalized spacial score (nSPS) is 10.6. The monoisotopic (exact) mass is 331 g/mol. The van der Waals surface area contributed by atoms with Gasteiger partial charge in [0.05, 0.1) is 0 Å². The summed E-state index contributed by atoms with van der Waals surface area (Å²) in [5, 5.41) is 0. The quantitative estimate of drug-likeness (QED) is 0.434. The van der Waals surface area contributed by atoms with Crippen molar-refractivity contribution in [1.29, 1.82) is 0 Å². The summed E-state index contributed by atoms with van der Waals surface area (Å²) in [5.41, 5.74) is 8.11. The molecule has 0 bridgehead atoms. The highest BCUT2D eigenvalue weighted by Crippen LogP contribution is 2.18. The van der Waals surface area contributed by atoms with E-state index >= 15 is 0 Å². The molecular weight excluding hydrogens is 309 g/mol. The van der Waals surface area contributed by atoms with Crippen molar-refractivity contribution < 1.29 is 0 Å². The number of rotatable bonds is 7. The standard InChI is InChI=1S/C14H22IN/c1-2-3-4-5-6-7-8-12-9-10-14(16)13(15)11-12/h9-11H,2-8,16H2,1H3. The number of nitrogen functional groups attached to an aromatic ring is 1. The predicted molar refractivity (Wildman–Crippen MR) is 80.7 cm³/mol. The number of hydrogen-bond donors (Lipinski definition) is 1. The Hall–Kier alpha value is -0.250. The molecule has 90 valence electrons. The van der Waals surface area contributed by atoms with Gasteiger partial charge in [-0.2, -0.15) is 0 Å². The second kappa shape index (κ2) is 7.93. The fourth-order valence-electron chi connectivity index (χ4n) is 1.84. The number of benzene rings is 1. The lowest BCUT2D eigenvalue weighted by atomic mass is 10.0. The number of halogens is 1. The molecule has 0 amide bonds. The molecule has 0 aliphatic carbocycles. The highest BCUT2D eigenvalue weighted by atomic mass is 127. The second-order valence-corrected chi connectivity index (χ2v) is 5.54. The van der Waals surface area contributed by atoms with Gasteiger partial charge < -0.3 is 5.73 Å². The Kier molecular flexibility index (Phi) is 6.85. The van der Waals surface area contributed by atoms with Gasteiger partial charge in [0.15, 0.2) is 0 Å². The third kappa shape index (κ3) is 5.19. The maximum absolute atomic E-state index is 5.79. The van der Waals surface area contributed by atoms with Gasteiger partial charge in [-0.05, 0) is 53.1 Å². The third-order valence-electron chi connectivity index (χ3n) is 2.88. The van der Waals surface area contributed by atoms with Crippen LogP contribution in [-0.4, -0.2) is 0 Å². The van der Waals surface area contributed by atoms with E-state index in [1.807, 2.05) is 6.07 Å². The van der Waals surface area contributed by atoms with Gasteiger partial charge in [-0.25, -0.2) is 0 Å². The van der Waals surface area contributed by atoms with Crippen molar-refractivity contribution in [3.05, 3.63) is 27.3 Å². The molecule has 1 rings (SSSR count). The fourth-order valence-corrected chi connectivity index (χ4v) is 2.42. The first-order valence-electron chi connectivity index (χ1n) is 6.28. The number of nitrogens with two attached hydrogens (primary N) is 1. The second-order valence-electron chi connectivity index (χ2n) is 4.37. The van der Waals surface area contributed by atoms with E-state index in [9.17, 15) is 0 Å². The fraction of sp³-hybridized carbons (Fsp3) is 0.571. The Morgan fingerprint density at radius 2 is 1.75 bits per heavy atom. The van der Waals surface area contributed by atoms with Crippen molar-refractivity contribution in [3.63, 3.8) is 0 Å². The van der Waals surface area contributed by atoms with Crippen LogP contribution < -0.4 is 5.73 Å². The van der Waals surface area contributed by atoms with Crippen LogP contribution in [-0.2, 0) is 6.42 Å². The molecule has 0 spiro atoms. The summed E-state index contributed by atoms with van der Waals surface area (Å²) in [4.78, 5) is 0. The van der Waals surface area contributed by atoms with Gasteiger partial charge in [0, 0.05) is 9.26 Å². The van der Waals surface area contributed by atoms with E-state index in [1.165, 1.54) is 54.1 Å². The van der Waals surface area contributed by atoms with Crippen molar-refractivity contribution in [2.75, 3.05) is 5.73 Å². The molecule has 1 nitrogen and oxygen atoms in total. The van der Waals surface area contributed by atoms with Gasteiger partial charge in [-0.15, -0.1) is 0 Å². The summed E-state index contributed by atoms with van der Waals surface area (Å²) in [7, 11) is 0. The first-order valence-corrected chi connectivity index (χ1v) is 7.36. The minimum atomic E-state index is 0.896. The lowest BCUT2D eigenvalue weighted by molar-refractivity contribution is 0.607. The molecular formula is C14H22IN. The van der Waals surface area contributed by atoms with Crippen LogP contribution in [0.5, 0.6) is 0 Å². The lowest BCUT2D eigenvalue weighted by Crippen LogP contribution is -1.92. The van der Waals surface area contributed by atoms with Crippen LogP contribution in [0.3, 0.4) is 0 Å². The highest BCUT2D eigenvalue weighted by molar-refractivity contribution is 14.1. The smallest absolute Gasteiger partial charge is 0.0449 e. The van der Waals surface area contributed by atoms with Gasteiger partial charge in [0.2, 0.25) is 0 Å². The van der Waals surface area contributed by atoms with Gasteiger partial charge in [0.1, 0.15) is 0 Å². The van der Waals surface area contributed by atoms with E-state index in [0.29, 0.717) is 0 Å². The molecule has 0 heterocycles. The zero-order chi connectivity index (χ0) is 11.8. The van der Waals surface area contributed by atoms with Crippen LogP contribution in [0, 0.1) is 3.57 Å². The molecule has 0 saturated heterocycles. The van der Waals surface area contributed by atoms with E-state index in [0.717, 1.165) is 5.69 Å². The maximum atomic E-state index is 5.79. The highest BCUT2D eigenvalue weighted by Gasteiger charge is 1.98. The van der Waals surface area contributed by atoms with Crippen LogP contribution in [0.4, 0.5) is 5.69 Å². The Labute approximate surface area is 113 Å². The summed E-state index contributed by atoms with van der Waals surface area (Å²) in [5.74, 6) is 0.